The van der Waals surface area contributed by atoms with Crippen molar-refractivity contribution in [3.05, 3.63) is 109 Å². The van der Waals surface area contributed by atoms with E-state index in [2.05, 4.69) is 109 Å². The molecule has 0 fully saturated rings. The fraction of sp³-hybridized carbons (Fsp3) is 0.0303. The first-order chi connectivity index (χ1) is 17.3. The predicted octanol–water partition coefficient (Wildman–Crippen LogP) is 9.20. The lowest BCUT2D eigenvalue weighted by Crippen LogP contribution is -1.91. The smallest absolute Gasteiger partial charge is 0.136 e. The van der Waals surface area contributed by atoms with Crippen molar-refractivity contribution >= 4 is 65.3 Å². The number of para-hydroxylation sites is 2. The summed E-state index contributed by atoms with van der Waals surface area (Å²) in [5.74, 6) is 0. The predicted molar refractivity (Wildman–Crippen MR) is 148 cm³/mol. The largest absolute Gasteiger partial charge is 0.456 e. The molecule has 0 aliphatic heterocycles. The van der Waals surface area contributed by atoms with E-state index >= 15 is 0 Å². The molecule has 8 aromatic rings. The molecule has 2 heteroatoms. The van der Waals surface area contributed by atoms with Crippen LogP contribution in [0.4, 0.5) is 0 Å². The van der Waals surface area contributed by atoms with Gasteiger partial charge in [-0.3, -0.25) is 0 Å². The molecule has 0 aliphatic rings. The van der Waals surface area contributed by atoms with Gasteiger partial charge in [0, 0.05) is 39.5 Å². The highest BCUT2D eigenvalue weighted by atomic mass is 16.3. The summed E-state index contributed by atoms with van der Waals surface area (Å²) in [6.07, 6.45) is 0. The van der Waals surface area contributed by atoms with Crippen LogP contribution >= 0.6 is 0 Å². The van der Waals surface area contributed by atoms with Crippen LogP contribution in [0.2, 0.25) is 0 Å². The molecule has 0 amide bonds. The molecule has 164 valence electrons. The van der Waals surface area contributed by atoms with Crippen LogP contribution in [0.1, 0.15) is 0 Å². The molecule has 6 aromatic carbocycles. The van der Waals surface area contributed by atoms with E-state index in [1.54, 1.807) is 0 Å². The first kappa shape index (κ1) is 18.8. The molecule has 0 radical (unpaired) electrons. The topological polar surface area (TPSA) is 18.1 Å². The van der Waals surface area contributed by atoms with E-state index in [0.29, 0.717) is 0 Å². The molecular formula is C33H21NO. The Morgan fingerprint density at radius 2 is 1.11 bits per heavy atom. The Morgan fingerprint density at radius 3 is 1.94 bits per heavy atom. The lowest BCUT2D eigenvalue weighted by atomic mass is 9.96. The van der Waals surface area contributed by atoms with Gasteiger partial charge in [-0.2, -0.15) is 0 Å². The Balaban J connectivity index is 1.53. The van der Waals surface area contributed by atoms with Crippen LogP contribution < -0.4 is 0 Å². The highest BCUT2D eigenvalue weighted by Crippen LogP contribution is 2.43. The first-order valence-electron chi connectivity index (χ1n) is 12.0. The highest BCUT2D eigenvalue weighted by molar-refractivity contribution is 6.32. The zero-order valence-corrected chi connectivity index (χ0v) is 19.2. The molecule has 35 heavy (non-hydrogen) atoms. The van der Waals surface area contributed by atoms with Crippen molar-refractivity contribution in [3.8, 4) is 11.1 Å². The third-order valence-corrected chi connectivity index (χ3v) is 7.57. The van der Waals surface area contributed by atoms with Gasteiger partial charge in [0.05, 0.1) is 11.0 Å². The van der Waals surface area contributed by atoms with Crippen LogP contribution in [0.25, 0.3) is 76.4 Å². The van der Waals surface area contributed by atoms with Crippen LogP contribution in [0.15, 0.2) is 114 Å². The third-order valence-electron chi connectivity index (χ3n) is 7.57. The second kappa shape index (κ2) is 6.74. The van der Waals surface area contributed by atoms with E-state index in [0.717, 1.165) is 21.9 Å². The van der Waals surface area contributed by atoms with Gasteiger partial charge >= 0.3 is 0 Å². The molecule has 0 saturated carbocycles. The summed E-state index contributed by atoms with van der Waals surface area (Å²) in [4.78, 5) is 0. The minimum absolute atomic E-state index is 0.926. The van der Waals surface area contributed by atoms with Crippen LogP contribution in [0.5, 0.6) is 0 Å². The van der Waals surface area contributed by atoms with Crippen molar-refractivity contribution in [1.82, 2.24) is 4.57 Å². The molecule has 0 atom stereocenters. The maximum atomic E-state index is 6.22. The van der Waals surface area contributed by atoms with Crippen LogP contribution in [0.3, 0.4) is 0 Å². The average molecular weight is 448 g/mol. The van der Waals surface area contributed by atoms with Crippen LogP contribution in [-0.2, 0) is 7.05 Å². The number of hydrogen-bond acceptors (Lipinski definition) is 1. The standard InChI is InChI=1S/C33H21NO/c1-34-32-21(20-17-18-25-24-11-6-7-16-29(24)35-30(25)19-20)14-8-15-28(32)31-26-12-4-2-9-22(26)23-10-3-5-13-27(23)33(31)34/h2-19H,1H3. The lowest BCUT2D eigenvalue weighted by molar-refractivity contribution is 0.669. The third kappa shape index (κ3) is 2.43. The summed E-state index contributed by atoms with van der Waals surface area (Å²) < 4.78 is 8.61. The summed E-state index contributed by atoms with van der Waals surface area (Å²) >= 11 is 0. The van der Waals surface area contributed by atoms with Gasteiger partial charge in [0.2, 0.25) is 0 Å². The Kier molecular flexibility index (Phi) is 3.62. The monoisotopic (exact) mass is 447 g/mol. The van der Waals surface area contributed by atoms with Crippen molar-refractivity contribution in [1.29, 1.82) is 0 Å². The Bertz CT molecular complexity index is 2120. The number of benzene rings is 6. The van der Waals surface area contributed by atoms with Crippen molar-refractivity contribution in [3.63, 3.8) is 0 Å². The Hall–Kier alpha value is -4.56. The summed E-state index contributed by atoms with van der Waals surface area (Å²) in [6, 6.07) is 39.1. The maximum absolute atomic E-state index is 6.22. The van der Waals surface area contributed by atoms with E-state index < -0.39 is 0 Å². The van der Waals surface area contributed by atoms with Gasteiger partial charge in [0.1, 0.15) is 11.2 Å². The van der Waals surface area contributed by atoms with E-state index in [9.17, 15) is 0 Å². The van der Waals surface area contributed by atoms with Gasteiger partial charge in [-0.15, -0.1) is 0 Å². The minimum Gasteiger partial charge on any atom is -0.456 e. The van der Waals surface area contributed by atoms with Crippen molar-refractivity contribution in [2.75, 3.05) is 0 Å². The zero-order chi connectivity index (χ0) is 23.1. The lowest BCUT2D eigenvalue weighted by Gasteiger charge is -2.09. The first-order valence-corrected chi connectivity index (χ1v) is 12.0. The maximum Gasteiger partial charge on any atom is 0.136 e. The molecule has 2 aromatic heterocycles. The van der Waals surface area contributed by atoms with Crippen molar-refractivity contribution in [2.45, 2.75) is 0 Å². The number of nitrogens with zero attached hydrogens (tertiary/aromatic N) is 1. The Morgan fingerprint density at radius 1 is 0.486 bits per heavy atom. The van der Waals surface area contributed by atoms with E-state index in [4.69, 9.17) is 4.42 Å². The van der Waals surface area contributed by atoms with E-state index in [1.807, 2.05) is 12.1 Å². The second-order valence-corrected chi connectivity index (χ2v) is 9.38. The molecular weight excluding hydrogens is 426 g/mol. The minimum atomic E-state index is 0.926. The fourth-order valence-electron chi connectivity index (χ4n) is 6.09. The molecule has 0 N–H and O–H groups in total. The van der Waals surface area contributed by atoms with E-state index in [1.165, 1.54) is 54.5 Å². The van der Waals surface area contributed by atoms with E-state index in [-0.39, 0.29) is 0 Å². The van der Waals surface area contributed by atoms with Crippen molar-refractivity contribution < 1.29 is 4.42 Å². The van der Waals surface area contributed by atoms with Crippen LogP contribution in [-0.4, -0.2) is 4.57 Å². The van der Waals surface area contributed by atoms with Gasteiger partial charge in [-0.1, -0.05) is 91.0 Å². The molecule has 0 bridgehead atoms. The average Bonchev–Trinajstić information content (AvgIpc) is 3.44. The fourth-order valence-corrected chi connectivity index (χ4v) is 6.09. The normalized spacial score (nSPS) is 12.1. The molecule has 0 saturated heterocycles. The number of aryl methyl sites for hydroxylation is 1. The molecule has 0 spiro atoms. The Labute approximate surface area is 201 Å². The van der Waals surface area contributed by atoms with Crippen LogP contribution in [0, 0.1) is 0 Å². The number of rotatable bonds is 1. The molecule has 2 nitrogen and oxygen atoms in total. The van der Waals surface area contributed by atoms with Gasteiger partial charge < -0.3 is 8.98 Å². The van der Waals surface area contributed by atoms with Gasteiger partial charge in [-0.05, 0) is 39.9 Å². The molecule has 0 unspecified atom stereocenters. The quantitative estimate of drug-likeness (QED) is 0.229. The SMILES string of the molecule is Cn1c2c(-c3ccc4c(c3)oc3ccccc34)cccc2c2c3ccccc3c3ccccc3c21. The summed E-state index contributed by atoms with van der Waals surface area (Å²) in [5.41, 5.74) is 6.78. The number of aromatic nitrogens is 1. The summed E-state index contributed by atoms with van der Waals surface area (Å²) in [5, 5.41) is 10.1. The zero-order valence-electron chi connectivity index (χ0n) is 19.2. The summed E-state index contributed by atoms with van der Waals surface area (Å²) in [7, 11) is 2.20. The number of fused-ring (bicyclic) bond motifs is 11. The molecule has 2 heterocycles. The summed E-state index contributed by atoms with van der Waals surface area (Å²) in [6.45, 7) is 0. The number of furan rings is 1. The number of hydrogen-bond donors (Lipinski definition) is 0. The van der Waals surface area contributed by atoms with Crippen molar-refractivity contribution in [2.24, 2.45) is 7.05 Å². The van der Waals surface area contributed by atoms with Gasteiger partial charge in [-0.25, -0.2) is 0 Å². The highest BCUT2D eigenvalue weighted by Gasteiger charge is 2.19. The molecule has 0 aliphatic carbocycles. The van der Waals surface area contributed by atoms with Gasteiger partial charge in [0.15, 0.2) is 0 Å². The molecule has 8 rings (SSSR count). The second-order valence-electron chi connectivity index (χ2n) is 9.38. The van der Waals surface area contributed by atoms with Gasteiger partial charge in [0.25, 0.3) is 0 Å².